The van der Waals surface area contributed by atoms with E-state index in [0.717, 1.165) is 29.3 Å². The Morgan fingerprint density at radius 3 is 2.42 bits per heavy atom. The topological polar surface area (TPSA) is 83.4 Å². The summed E-state index contributed by atoms with van der Waals surface area (Å²) < 4.78 is 2.00. The highest BCUT2D eigenvalue weighted by Gasteiger charge is 2.44. The number of carbonyl (C=O) groups is 3. The van der Waals surface area contributed by atoms with Gasteiger partial charge in [0.05, 0.1) is 5.56 Å². The van der Waals surface area contributed by atoms with Crippen molar-refractivity contribution < 1.29 is 14.4 Å². The molecule has 3 aromatic rings. The Morgan fingerprint density at radius 1 is 0.970 bits per heavy atom. The molecule has 0 radical (unpaired) electrons. The standard InChI is InChI=1S/C26H28N4O3/c1-16(31)27-20-7-5-6-17(12-20)25(32)28-24-18-10-11-19(24)14-30(13-18)26(33)22-15-29(2)23-9-4-3-8-21(22)23/h3-9,12,15,18-19,24H,10-11,13-14H2,1-2H3,(H,27,31)(H,28,32)/t18-,19+,24?. The number of nitrogens with zero attached hydrogens (tertiary/aromatic N) is 2. The van der Waals surface area contributed by atoms with E-state index in [-0.39, 0.29) is 35.6 Å². The van der Waals surface area contributed by atoms with Crippen molar-refractivity contribution in [2.75, 3.05) is 18.4 Å². The summed E-state index contributed by atoms with van der Waals surface area (Å²) in [6.07, 6.45) is 3.92. The normalized spacial score (nSPS) is 21.8. The zero-order chi connectivity index (χ0) is 23.1. The fourth-order valence-corrected chi connectivity index (χ4v) is 5.48. The van der Waals surface area contributed by atoms with Gasteiger partial charge < -0.3 is 20.1 Å². The van der Waals surface area contributed by atoms with Crippen LogP contribution < -0.4 is 10.6 Å². The van der Waals surface area contributed by atoms with Gasteiger partial charge in [0.1, 0.15) is 0 Å². The molecule has 1 aliphatic carbocycles. The zero-order valence-corrected chi connectivity index (χ0v) is 18.9. The Kier molecular flexibility index (Phi) is 5.40. The number of para-hydroxylation sites is 1. The number of fused-ring (bicyclic) bond motifs is 3. The van der Waals surface area contributed by atoms with E-state index in [4.69, 9.17) is 0 Å². The molecule has 0 spiro atoms. The smallest absolute Gasteiger partial charge is 0.256 e. The number of hydrogen-bond acceptors (Lipinski definition) is 3. The first-order valence-electron chi connectivity index (χ1n) is 11.4. The summed E-state index contributed by atoms with van der Waals surface area (Å²) in [6, 6.07) is 15.0. The highest BCUT2D eigenvalue weighted by atomic mass is 16.2. The maximum Gasteiger partial charge on any atom is 0.256 e. The Hall–Kier alpha value is -3.61. The van der Waals surface area contributed by atoms with Gasteiger partial charge in [-0.1, -0.05) is 24.3 Å². The number of aryl methyl sites for hydroxylation is 1. The van der Waals surface area contributed by atoms with Crippen molar-refractivity contribution in [2.45, 2.75) is 25.8 Å². The Bertz CT molecular complexity index is 1230. The van der Waals surface area contributed by atoms with Crippen molar-refractivity contribution in [3.05, 3.63) is 65.9 Å². The quantitative estimate of drug-likeness (QED) is 0.647. The molecule has 3 atom stereocenters. The second kappa shape index (κ2) is 8.39. The van der Waals surface area contributed by atoms with Crippen molar-refractivity contribution >= 4 is 34.3 Å². The van der Waals surface area contributed by atoms with E-state index in [1.54, 1.807) is 24.3 Å². The van der Waals surface area contributed by atoms with Crippen molar-refractivity contribution in [3.63, 3.8) is 0 Å². The van der Waals surface area contributed by atoms with Gasteiger partial charge in [-0.3, -0.25) is 14.4 Å². The molecule has 7 heteroatoms. The summed E-state index contributed by atoms with van der Waals surface area (Å²) >= 11 is 0. The number of anilines is 1. The molecule has 1 aliphatic heterocycles. The monoisotopic (exact) mass is 444 g/mol. The molecular formula is C26H28N4O3. The summed E-state index contributed by atoms with van der Waals surface area (Å²) in [4.78, 5) is 39.6. The van der Waals surface area contributed by atoms with Crippen molar-refractivity contribution in [3.8, 4) is 0 Å². The average Bonchev–Trinajstić information content (AvgIpc) is 3.24. The van der Waals surface area contributed by atoms with Gasteiger partial charge in [0, 0.05) is 61.5 Å². The van der Waals surface area contributed by atoms with Crippen LogP contribution >= 0.6 is 0 Å². The lowest BCUT2D eigenvalue weighted by atomic mass is 9.91. The highest BCUT2D eigenvalue weighted by molar-refractivity contribution is 6.07. The molecule has 1 saturated heterocycles. The van der Waals surface area contributed by atoms with Gasteiger partial charge in [0.2, 0.25) is 5.91 Å². The number of nitrogens with one attached hydrogen (secondary N) is 2. The zero-order valence-electron chi connectivity index (χ0n) is 18.9. The summed E-state index contributed by atoms with van der Waals surface area (Å²) in [5, 5.41) is 6.91. The average molecular weight is 445 g/mol. The number of benzene rings is 2. The van der Waals surface area contributed by atoms with E-state index < -0.39 is 0 Å². The van der Waals surface area contributed by atoms with E-state index in [0.29, 0.717) is 24.3 Å². The first-order valence-corrected chi connectivity index (χ1v) is 11.4. The van der Waals surface area contributed by atoms with Crippen LogP contribution in [0.2, 0.25) is 0 Å². The molecule has 2 heterocycles. The van der Waals surface area contributed by atoms with E-state index >= 15 is 0 Å². The van der Waals surface area contributed by atoms with Gasteiger partial charge in [-0.2, -0.15) is 0 Å². The van der Waals surface area contributed by atoms with Gasteiger partial charge in [-0.05, 0) is 48.9 Å². The minimum atomic E-state index is -0.172. The number of piperidine rings is 1. The molecule has 33 heavy (non-hydrogen) atoms. The van der Waals surface area contributed by atoms with E-state index in [1.165, 1.54) is 6.92 Å². The fraction of sp³-hybridized carbons (Fsp3) is 0.346. The second-order valence-corrected chi connectivity index (χ2v) is 9.24. The van der Waals surface area contributed by atoms with Crippen molar-refractivity contribution in [1.82, 2.24) is 14.8 Å². The largest absolute Gasteiger partial charge is 0.350 e. The molecule has 2 aromatic carbocycles. The van der Waals surface area contributed by atoms with Gasteiger partial charge in [-0.15, -0.1) is 0 Å². The summed E-state index contributed by atoms with van der Waals surface area (Å²) in [6.45, 7) is 2.74. The van der Waals surface area contributed by atoms with Crippen LogP contribution in [-0.2, 0) is 11.8 Å². The number of hydrogen-bond donors (Lipinski definition) is 2. The molecule has 2 fully saturated rings. The lowest BCUT2D eigenvalue weighted by Crippen LogP contribution is -2.54. The van der Waals surface area contributed by atoms with E-state index in [9.17, 15) is 14.4 Å². The van der Waals surface area contributed by atoms with Gasteiger partial charge >= 0.3 is 0 Å². The summed E-state index contributed by atoms with van der Waals surface area (Å²) in [5.74, 6) is 0.235. The van der Waals surface area contributed by atoms with Gasteiger partial charge in [-0.25, -0.2) is 0 Å². The van der Waals surface area contributed by atoms with Crippen LogP contribution in [0.1, 0.15) is 40.5 Å². The SMILES string of the molecule is CC(=O)Nc1cccc(C(=O)NC2[C@@H]3CC[C@H]2CN(C(=O)c2cn(C)c4ccccc24)C3)c1. The van der Waals surface area contributed by atoms with Crippen LogP contribution in [0.3, 0.4) is 0 Å². The first-order chi connectivity index (χ1) is 15.9. The fourth-order valence-electron chi connectivity index (χ4n) is 5.48. The molecule has 3 amide bonds. The third-order valence-electron chi connectivity index (χ3n) is 6.99. The Balaban J connectivity index is 1.29. The molecule has 7 nitrogen and oxygen atoms in total. The summed E-state index contributed by atoms with van der Waals surface area (Å²) in [7, 11) is 1.96. The molecule has 170 valence electrons. The van der Waals surface area contributed by atoms with Crippen molar-refractivity contribution in [2.24, 2.45) is 18.9 Å². The molecule has 5 rings (SSSR count). The van der Waals surface area contributed by atoms with E-state index in [2.05, 4.69) is 10.6 Å². The Morgan fingerprint density at radius 2 is 1.70 bits per heavy atom. The molecule has 1 saturated carbocycles. The van der Waals surface area contributed by atoms with E-state index in [1.807, 2.05) is 47.0 Å². The first kappa shape index (κ1) is 21.2. The van der Waals surface area contributed by atoms with Gasteiger partial charge in [0.15, 0.2) is 0 Å². The number of amides is 3. The van der Waals surface area contributed by atoms with Crippen LogP contribution in [0.15, 0.2) is 54.7 Å². The number of rotatable bonds is 4. The molecule has 1 aromatic heterocycles. The maximum atomic E-state index is 13.4. The third kappa shape index (κ3) is 3.99. The molecular weight excluding hydrogens is 416 g/mol. The minimum absolute atomic E-state index is 0.0542. The lowest BCUT2D eigenvalue weighted by Gasteiger charge is -2.38. The number of likely N-dealkylation sites (tertiary alicyclic amines) is 1. The molecule has 2 N–H and O–H groups in total. The lowest BCUT2D eigenvalue weighted by molar-refractivity contribution is -0.114. The predicted octanol–water partition coefficient (Wildman–Crippen LogP) is 3.42. The third-order valence-corrected chi connectivity index (χ3v) is 6.99. The minimum Gasteiger partial charge on any atom is -0.350 e. The van der Waals surface area contributed by atoms with Crippen LogP contribution in [0.25, 0.3) is 10.9 Å². The number of carbonyl (C=O) groups excluding carboxylic acids is 3. The summed E-state index contributed by atoms with van der Waals surface area (Å²) in [5.41, 5.74) is 2.92. The highest BCUT2D eigenvalue weighted by Crippen LogP contribution is 2.38. The van der Waals surface area contributed by atoms with Crippen LogP contribution in [0, 0.1) is 11.8 Å². The number of aromatic nitrogens is 1. The molecule has 2 aliphatic rings. The van der Waals surface area contributed by atoms with Crippen molar-refractivity contribution in [1.29, 1.82) is 0 Å². The maximum absolute atomic E-state index is 13.4. The predicted molar refractivity (Wildman–Crippen MR) is 127 cm³/mol. The second-order valence-electron chi connectivity index (χ2n) is 9.24. The van der Waals surface area contributed by atoms with Crippen LogP contribution in [-0.4, -0.2) is 46.3 Å². The van der Waals surface area contributed by atoms with Crippen LogP contribution in [0.5, 0.6) is 0 Å². The molecule has 2 bridgehead atoms. The Labute approximate surface area is 192 Å². The van der Waals surface area contributed by atoms with Crippen LogP contribution in [0.4, 0.5) is 5.69 Å². The van der Waals surface area contributed by atoms with Gasteiger partial charge in [0.25, 0.3) is 11.8 Å². The molecule has 1 unspecified atom stereocenters.